The van der Waals surface area contributed by atoms with Gasteiger partial charge in [-0.15, -0.1) is 0 Å². The molecule has 1 heterocycles. The lowest BCUT2D eigenvalue weighted by Gasteiger charge is -2.25. The molecule has 0 spiro atoms. The number of benzene rings is 1. The minimum atomic E-state index is -0.819. The Balaban J connectivity index is 2.19. The molecule has 0 radical (unpaired) electrons. The van der Waals surface area contributed by atoms with E-state index in [2.05, 4.69) is 0 Å². The highest BCUT2D eigenvalue weighted by molar-refractivity contribution is 5.87. The molecule has 5 heteroatoms. The first-order valence-electron chi connectivity index (χ1n) is 5.83. The van der Waals surface area contributed by atoms with Gasteiger partial charge in [-0.2, -0.15) is 0 Å². The van der Waals surface area contributed by atoms with Crippen LogP contribution in [0.5, 0.6) is 11.5 Å². The Morgan fingerprint density at radius 1 is 1.44 bits per heavy atom. The van der Waals surface area contributed by atoms with E-state index in [1.54, 1.807) is 19.2 Å². The summed E-state index contributed by atoms with van der Waals surface area (Å²) in [7, 11) is 1.55. The number of hydrogen-bond acceptors (Lipinski definition) is 4. The van der Waals surface area contributed by atoms with E-state index in [1.807, 2.05) is 0 Å². The van der Waals surface area contributed by atoms with Crippen molar-refractivity contribution < 1.29 is 24.1 Å². The second-order valence-corrected chi connectivity index (χ2v) is 4.62. The molecule has 0 aromatic heterocycles. The summed E-state index contributed by atoms with van der Waals surface area (Å²) < 4.78 is 16.0. The van der Waals surface area contributed by atoms with Crippen LogP contribution in [0.2, 0.25) is 0 Å². The molecule has 1 N–H and O–H groups in total. The summed E-state index contributed by atoms with van der Waals surface area (Å²) in [5.41, 5.74) is 0.705. The highest BCUT2D eigenvalue weighted by Gasteiger charge is 2.55. The molecular weight excluding hydrogens is 236 g/mol. The average Bonchev–Trinajstić information content (AvgIpc) is 3.18. The van der Waals surface area contributed by atoms with Crippen molar-refractivity contribution in [1.29, 1.82) is 0 Å². The molecule has 3 rings (SSSR count). The molecule has 5 nitrogen and oxygen atoms in total. The minimum absolute atomic E-state index is 0.207. The van der Waals surface area contributed by atoms with Crippen LogP contribution in [0.4, 0.5) is 0 Å². The van der Waals surface area contributed by atoms with Crippen molar-refractivity contribution in [2.24, 2.45) is 0 Å². The van der Waals surface area contributed by atoms with Crippen molar-refractivity contribution in [3.8, 4) is 11.5 Å². The Labute approximate surface area is 104 Å². The summed E-state index contributed by atoms with van der Waals surface area (Å²) in [6, 6.07) is 3.57. The van der Waals surface area contributed by atoms with E-state index < -0.39 is 11.4 Å². The van der Waals surface area contributed by atoms with Crippen molar-refractivity contribution in [2.75, 3.05) is 13.9 Å². The molecule has 0 saturated heterocycles. The fourth-order valence-electron chi connectivity index (χ4n) is 2.53. The summed E-state index contributed by atoms with van der Waals surface area (Å²) >= 11 is 0. The predicted molar refractivity (Wildman–Crippen MR) is 61.8 cm³/mol. The lowest BCUT2D eigenvalue weighted by molar-refractivity contribution is -0.140. The molecular formula is C13H14O5. The number of aliphatic carboxylic acids is 1. The summed E-state index contributed by atoms with van der Waals surface area (Å²) in [4.78, 5) is 11.5. The van der Waals surface area contributed by atoms with Gasteiger partial charge in [-0.1, -0.05) is 0 Å². The Hall–Kier alpha value is -1.75. The zero-order chi connectivity index (χ0) is 12.8. The SMILES string of the molecule is COc1ccc2c(c1C1(C(=O)O)CC1)COCO2. The Morgan fingerprint density at radius 2 is 2.22 bits per heavy atom. The van der Waals surface area contributed by atoms with Gasteiger partial charge >= 0.3 is 5.97 Å². The molecule has 0 unspecified atom stereocenters. The third-order valence-corrected chi connectivity index (χ3v) is 3.63. The number of carboxylic acids is 1. The molecule has 1 aromatic rings. The zero-order valence-corrected chi connectivity index (χ0v) is 10.1. The molecule has 0 bridgehead atoms. The number of ether oxygens (including phenoxy) is 3. The second kappa shape index (κ2) is 3.88. The average molecular weight is 250 g/mol. The predicted octanol–water partition coefficient (Wildman–Crippen LogP) is 1.68. The lowest BCUT2D eigenvalue weighted by Crippen LogP contribution is -2.24. The minimum Gasteiger partial charge on any atom is -0.496 e. The molecule has 0 amide bonds. The van der Waals surface area contributed by atoms with Gasteiger partial charge in [-0.3, -0.25) is 4.79 Å². The van der Waals surface area contributed by atoms with Crippen LogP contribution in [0.15, 0.2) is 12.1 Å². The van der Waals surface area contributed by atoms with Crippen molar-refractivity contribution in [3.05, 3.63) is 23.3 Å². The van der Waals surface area contributed by atoms with E-state index in [4.69, 9.17) is 14.2 Å². The van der Waals surface area contributed by atoms with E-state index in [-0.39, 0.29) is 6.79 Å². The van der Waals surface area contributed by atoms with Gasteiger partial charge in [0, 0.05) is 11.1 Å². The first kappa shape index (κ1) is 11.3. The molecule has 1 fully saturated rings. The van der Waals surface area contributed by atoms with Crippen LogP contribution in [0.3, 0.4) is 0 Å². The van der Waals surface area contributed by atoms with Crippen LogP contribution >= 0.6 is 0 Å². The second-order valence-electron chi connectivity index (χ2n) is 4.62. The first-order chi connectivity index (χ1) is 8.69. The van der Waals surface area contributed by atoms with E-state index in [0.717, 1.165) is 11.1 Å². The molecule has 1 aromatic carbocycles. The van der Waals surface area contributed by atoms with Crippen molar-refractivity contribution in [1.82, 2.24) is 0 Å². The quantitative estimate of drug-likeness (QED) is 0.884. The van der Waals surface area contributed by atoms with E-state index in [9.17, 15) is 9.90 Å². The number of carboxylic acid groups (broad SMARTS) is 1. The zero-order valence-electron chi connectivity index (χ0n) is 10.1. The van der Waals surface area contributed by atoms with Gasteiger partial charge in [0.1, 0.15) is 11.5 Å². The highest BCUT2D eigenvalue weighted by atomic mass is 16.7. The Kier molecular flexibility index (Phi) is 2.45. The largest absolute Gasteiger partial charge is 0.496 e. The Morgan fingerprint density at radius 3 is 2.83 bits per heavy atom. The highest BCUT2D eigenvalue weighted by Crippen LogP contribution is 2.54. The number of hydrogen-bond donors (Lipinski definition) is 1. The fourth-order valence-corrected chi connectivity index (χ4v) is 2.53. The van der Waals surface area contributed by atoms with Crippen LogP contribution < -0.4 is 9.47 Å². The van der Waals surface area contributed by atoms with E-state index >= 15 is 0 Å². The maximum absolute atomic E-state index is 11.5. The molecule has 1 aliphatic carbocycles. The Bertz CT molecular complexity index is 504. The van der Waals surface area contributed by atoms with E-state index in [0.29, 0.717) is 30.9 Å². The molecule has 0 atom stereocenters. The van der Waals surface area contributed by atoms with Crippen LogP contribution in [-0.2, 0) is 21.6 Å². The van der Waals surface area contributed by atoms with Crippen LogP contribution in [0, 0.1) is 0 Å². The molecule has 2 aliphatic rings. The molecule has 18 heavy (non-hydrogen) atoms. The van der Waals surface area contributed by atoms with Gasteiger partial charge in [-0.25, -0.2) is 0 Å². The van der Waals surface area contributed by atoms with Crippen LogP contribution in [0.25, 0.3) is 0 Å². The maximum atomic E-state index is 11.5. The maximum Gasteiger partial charge on any atom is 0.314 e. The third-order valence-electron chi connectivity index (χ3n) is 3.63. The summed E-state index contributed by atoms with van der Waals surface area (Å²) in [6.07, 6.45) is 1.27. The van der Waals surface area contributed by atoms with E-state index in [1.165, 1.54) is 0 Å². The number of carbonyl (C=O) groups is 1. The monoisotopic (exact) mass is 250 g/mol. The molecule has 96 valence electrons. The van der Waals surface area contributed by atoms with Crippen molar-refractivity contribution in [3.63, 3.8) is 0 Å². The lowest BCUT2D eigenvalue weighted by atomic mass is 9.89. The van der Waals surface area contributed by atoms with Crippen LogP contribution in [-0.4, -0.2) is 25.0 Å². The number of methoxy groups -OCH3 is 1. The van der Waals surface area contributed by atoms with Crippen molar-refractivity contribution in [2.45, 2.75) is 24.9 Å². The smallest absolute Gasteiger partial charge is 0.314 e. The fraction of sp³-hybridized carbons (Fsp3) is 0.462. The van der Waals surface area contributed by atoms with Gasteiger partial charge in [0.15, 0.2) is 6.79 Å². The van der Waals surface area contributed by atoms with Crippen molar-refractivity contribution >= 4 is 5.97 Å². The number of rotatable bonds is 3. The summed E-state index contributed by atoms with van der Waals surface area (Å²) in [5.74, 6) is 0.493. The first-order valence-corrected chi connectivity index (χ1v) is 5.83. The number of fused-ring (bicyclic) bond motifs is 1. The summed E-state index contributed by atoms with van der Waals surface area (Å²) in [5, 5.41) is 9.44. The normalized spacial score (nSPS) is 19.6. The van der Waals surface area contributed by atoms with Gasteiger partial charge in [0.25, 0.3) is 0 Å². The van der Waals surface area contributed by atoms with Crippen LogP contribution in [0.1, 0.15) is 24.0 Å². The third kappa shape index (κ3) is 1.47. The van der Waals surface area contributed by atoms with Gasteiger partial charge in [0.05, 0.1) is 19.1 Å². The molecule has 1 aliphatic heterocycles. The van der Waals surface area contributed by atoms with Gasteiger partial charge in [-0.05, 0) is 25.0 Å². The summed E-state index contributed by atoms with van der Waals surface area (Å²) in [6.45, 7) is 0.579. The van der Waals surface area contributed by atoms with Gasteiger partial charge in [0.2, 0.25) is 0 Å². The standard InChI is InChI=1S/C13H14O5/c1-16-10-3-2-9-8(6-17-7-18-9)11(10)13(4-5-13)12(14)15/h2-3H,4-7H2,1H3,(H,14,15). The topological polar surface area (TPSA) is 65.0 Å². The molecule has 1 saturated carbocycles. The van der Waals surface area contributed by atoms with Gasteiger partial charge < -0.3 is 19.3 Å².